The molecule has 0 saturated carbocycles. The molecule has 3 rings (SSSR count). The number of nitro groups is 1. The summed E-state index contributed by atoms with van der Waals surface area (Å²) >= 11 is 2.25. The number of amides is 2. The van der Waals surface area contributed by atoms with E-state index in [1.807, 2.05) is 17.5 Å². The van der Waals surface area contributed by atoms with Crippen molar-refractivity contribution in [2.45, 2.75) is 13.1 Å². The molecule has 0 radical (unpaired) electrons. The van der Waals surface area contributed by atoms with Crippen LogP contribution in [0.5, 0.6) is 0 Å². The van der Waals surface area contributed by atoms with Crippen LogP contribution in [-0.2, 0) is 13.1 Å². The molecular weight excluding hydrogens is 404 g/mol. The fourth-order valence-electron chi connectivity index (χ4n) is 2.34. The molecular formula is C17H14N4O5S2. The van der Waals surface area contributed by atoms with Crippen LogP contribution in [0.3, 0.4) is 0 Å². The number of benzene rings is 1. The summed E-state index contributed by atoms with van der Waals surface area (Å²) in [6.07, 6.45) is 0.0536. The quantitative estimate of drug-likeness (QED) is 0.440. The van der Waals surface area contributed by atoms with Crippen molar-refractivity contribution >= 4 is 44.8 Å². The number of thiophene rings is 1. The van der Waals surface area contributed by atoms with E-state index < -0.39 is 16.9 Å². The molecule has 28 heavy (non-hydrogen) atoms. The van der Waals surface area contributed by atoms with Gasteiger partial charge in [-0.25, -0.2) is 9.78 Å². The third-order valence-corrected chi connectivity index (χ3v) is 5.41. The van der Waals surface area contributed by atoms with Gasteiger partial charge in [0.05, 0.1) is 11.5 Å². The van der Waals surface area contributed by atoms with E-state index in [4.69, 9.17) is 0 Å². The van der Waals surface area contributed by atoms with E-state index in [0.717, 1.165) is 28.0 Å². The topological polar surface area (TPSA) is 126 Å². The number of aromatic nitrogens is 1. The van der Waals surface area contributed by atoms with E-state index in [-0.39, 0.29) is 23.2 Å². The van der Waals surface area contributed by atoms with E-state index in [1.54, 1.807) is 24.3 Å². The van der Waals surface area contributed by atoms with Crippen LogP contribution < -0.4 is 5.32 Å². The summed E-state index contributed by atoms with van der Waals surface area (Å²) in [7, 11) is 0. The van der Waals surface area contributed by atoms with Gasteiger partial charge in [-0.15, -0.1) is 11.3 Å². The number of carbonyl (C=O) groups is 2. The number of rotatable bonds is 7. The largest absolute Gasteiger partial charge is 0.465 e. The van der Waals surface area contributed by atoms with Crippen molar-refractivity contribution in [2.24, 2.45) is 0 Å². The lowest BCUT2D eigenvalue weighted by Crippen LogP contribution is -2.28. The highest BCUT2D eigenvalue weighted by Crippen LogP contribution is 2.25. The summed E-state index contributed by atoms with van der Waals surface area (Å²) in [4.78, 5) is 39.8. The molecule has 9 nitrogen and oxygen atoms in total. The van der Waals surface area contributed by atoms with Crippen LogP contribution in [0.1, 0.15) is 20.8 Å². The van der Waals surface area contributed by atoms with Crippen molar-refractivity contribution < 1.29 is 19.6 Å². The maximum absolute atomic E-state index is 12.2. The molecule has 0 aliphatic carbocycles. The molecule has 1 aromatic carbocycles. The SMILES string of the molecule is O=C(Nc1ncc([N+](=O)[O-])s1)c1ccc(CN(Cc2cccs2)C(=O)O)cc1. The van der Waals surface area contributed by atoms with Gasteiger partial charge in [0.15, 0.2) is 5.13 Å². The van der Waals surface area contributed by atoms with Gasteiger partial charge in [-0.1, -0.05) is 18.2 Å². The average Bonchev–Trinajstić information content (AvgIpc) is 3.33. The molecule has 11 heteroatoms. The van der Waals surface area contributed by atoms with Gasteiger partial charge < -0.3 is 5.11 Å². The third kappa shape index (κ3) is 4.90. The Balaban J connectivity index is 1.63. The molecule has 0 saturated heterocycles. The van der Waals surface area contributed by atoms with Crippen molar-refractivity contribution in [3.05, 3.63) is 74.1 Å². The lowest BCUT2D eigenvalue weighted by atomic mass is 10.1. The normalized spacial score (nSPS) is 10.4. The Hall–Kier alpha value is -3.31. The summed E-state index contributed by atoms with van der Waals surface area (Å²) < 4.78 is 0. The number of carboxylic acid groups (broad SMARTS) is 1. The lowest BCUT2D eigenvalue weighted by molar-refractivity contribution is -0.380. The highest BCUT2D eigenvalue weighted by Gasteiger charge is 2.16. The Morgan fingerprint density at radius 2 is 1.96 bits per heavy atom. The Bertz CT molecular complexity index is 985. The first-order valence-corrected chi connectivity index (χ1v) is 9.63. The van der Waals surface area contributed by atoms with Crippen molar-refractivity contribution in [2.75, 3.05) is 5.32 Å². The molecule has 0 fully saturated rings. The molecule has 0 spiro atoms. The van der Waals surface area contributed by atoms with Crippen LogP contribution in [0.4, 0.5) is 14.9 Å². The second-order valence-corrected chi connectivity index (χ2v) is 7.67. The molecule has 144 valence electrons. The summed E-state index contributed by atoms with van der Waals surface area (Å²) in [6, 6.07) is 10.2. The standard InChI is InChI=1S/C17H14N4O5S2/c22-15(19-16-18-8-14(28-16)21(25)26)12-5-3-11(4-6-12)9-20(17(23)24)10-13-2-1-7-27-13/h1-8H,9-10H2,(H,23,24)(H,18,19,22). The van der Waals surface area contributed by atoms with Gasteiger partial charge in [0, 0.05) is 17.0 Å². The van der Waals surface area contributed by atoms with Crippen molar-refractivity contribution in [1.82, 2.24) is 9.88 Å². The Morgan fingerprint density at radius 3 is 2.54 bits per heavy atom. The number of hydrogen-bond donors (Lipinski definition) is 2. The smallest absolute Gasteiger partial charge is 0.407 e. The molecule has 0 aliphatic heterocycles. The van der Waals surface area contributed by atoms with Crippen LogP contribution in [0.15, 0.2) is 48.0 Å². The van der Waals surface area contributed by atoms with Gasteiger partial charge >= 0.3 is 11.1 Å². The Labute approximate surface area is 167 Å². The second-order valence-electron chi connectivity index (χ2n) is 5.63. The molecule has 3 aromatic rings. The maximum Gasteiger partial charge on any atom is 0.407 e. The monoisotopic (exact) mass is 418 g/mol. The fourth-order valence-corrected chi connectivity index (χ4v) is 3.69. The molecule has 2 aromatic heterocycles. The predicted octanol–water partition coefficient (Wildman–Crippen LogP) is 4.05. The van der Waals surface area contributed by atoms with Gasteiger partial charge in [-0.2, -0.15) is 0 Å². The van der Waals surface area contributed by atoms with Gasteiger partial charge in [-0.3, -0.25) is 25.1 Å². The zero-order valence-electron chi connectivity index (χ0n) is 14.3. The van der Waals surface area contributed by atoms with Crippen LogP contribution in [-0.4, -0.2) is 31.9 Å². The van der Waals surface area contributed by atoms with Crippen LogP contribution in [0.2, 0.25) is 0 Å². The highest BCUT2D eigenvalue weighted by atomic mass is 32.1. The van der Waals surface area contributed by atoms with E-state index >= 15 is 0 Å². The van der Waals surface area contributed by atoms with Crippen molar-refractivity contribution in [3.63, 3.8) is 0 Å². The number of nitrogens with zero attached hydrogens (tertiary/aromatic N) is 3. The number of carbonyl (C=O) groups excluding carboxylic acids is 1. The molecule has 0 bridgehead atoms. The molecule has 0 unspecified atom stereocenters. The van der Waals surface area contributed by atoms with Gasteiger partial charge in [-0.05, 0) is 40.5 Å². The number of hydrogen-bond acceptors (Lipinski definition) is 7. The summed E-state index contributed by atoms with van der Waals surface area (Å²) in [5.41, 5.74) is 1.07. The van der Waals surface area contributed by atoms with Crippen LogP contribution in [0, 0.1) is 10.1 Å². The minimum atomic E-state index is -1.03. The Morgan fingerprint density at radius 1 is 1.21 bits per heavy atom. The number of nitrogens with one attached hydrogen (secondary N) is 1. The minimum absolute atomic E-state index is 0.133. The molecule has 0 aliphatic rings. The summed E-state index contributed by atoms with van der Waals surface area (Å²) in [5, 5.41) is 24.4. The van der Waals surface area contributed by atoms with E-state index in [1.165, 1.54) is 16.2 Å². The van der Waals surface area contributed by atoms with Crippen LogP contribution in [0.25, 0.3) is 0 Å². The van der Waals surface area contributed by atoms with Gasteiger partial charge in [0.2, 0.25) is 0 Å². The zero-order valence-corrected chi connectivity index (χ0v) is 15.9. The second kappa shape index (κ2) is 8.59. The molecule has 2 heterocycles. The van der Waals surface area contributed by atoms with E-state index in [9.17, 15) is 24.8 Å². The van der Waals surface area contributed by atoms with Crippen molar-refractivity contribution in [3.8, 4) is 0 Å². The van der Waals surface area contributed by atoms with Crippen molar-refractivity contribution in [1.29, 1.82) is 0 Å². The predicted molar refractivity (Wildman–Crippen MR) is 105 cm³/mol. The van der Waals surface area contributed by atoms with Gasteiger partial charge in [0.1, 0.15) is 6.20 Å². The number of thiazole rings is 1. The van der Waals surface area contributed by atoms with E-state index in [2.05, 4.69) is 10.3 Å². The Kier molecular flexibility index (Phi) is 5.96. The summed E-state index contributed by atoms with van der Waals surface area (Å²) in [6.45, 7) is 0.478. The molecule has 0 atom stereocenters. The summed E-state index contributed by atoms with van der Waals surface area (Å²) in [5.74, 6) is -0.454. The minimum Gasteiger partial charge on any atom is -0.465 e. The fraction of sp³-hybridized carbons (Fsp3) is 0.118. The van der Waals surface area contributed by atoms with E-state index in [0.29, 0.717) is 5.56 Å². The number of anilines is 1. The average molecular weight is 418 g/mol. The molecule has 2 amide bonds. The lowest BCUT2D eigenvalue weighted by Gasteiger charge is -2.18. The first kappa shape index (κ1) is 19.5. The van der Waals surface area contributed by atoms with Gasteiger partial charge in [0.25, 0.3) is 5.91 Å². The zero-order chi connectivity index (χ0) is 20.1. The third-order valence-electron chi connectivity index (χ3n) is 3.68. The maximum atomic E-state index is 12.2. The first-order valence-electron chi connectivity index (χ1n) is 7.93. The van der Waals surface area contributed by atoms with Crippen LogP contribution >= 0.6 is 22.7 Å². The molecule has 2 N–H and O–H groups in total. The first-order chi connectivity index (χ1) is 13.4. The highest BCUT2D eigenvalue weighted by molar-refractivity contribution is 7.18.